The number of carbonyl (C=O) groups is 2. The van der Waals surface area contributed by atoms with Gasteiger partial charge in [0.15, 0.2) is 5.78 Å². The molecule has 1 aliphatic carbocycles. The predicted molar refractivity (Wildman–Crippen MR) is 77.8 cm³/mol. The second kappa shape index (κ2) is 5.88. The fraction of sp³-hybridized carbons (Fsp3) is 0.529. The van der Waals surface area contributed by atoms with Crippen LogP contribution in [0, 0.1) is 26.7 Å². The number of hydrogen-bond donors (Lipinski definition) is 1. The fourth-order valence-corrected chi connectivity index (χ4v) is 3.39. The molecule has 0 aromatic heterocycles. The Hall–Kier alpha value is -1.48. The summed E-state index contributed by atoms with van der Waals surface area (Å²) in [5.74, 6) is -0.717. The van der Waals surface area contributed by atoms with Gasteiger partial charge in [0.05, 0.1) is 0 Å². The molecule has 0 spiro atoms. The van der Waals surface area contributed by atoms with Crippen LogP contribution in [0.25, 0.3) is 0 Å². The van der Waals surface area contributed by atoms with Crippen LogP contribution >= 0.6 is 0 Å². The van der Waals surface area contributed by atoms with Gasteiger partial charge < -0.3 is 5.11 Å². The highest BCUT2D eigenvalue weighted by Gasteiger charge is 2.42. The van der Waals surface area contributed by atoms with Gasteiger partial charge in [0.25, 0.3) is 0 Å². The third kappa shape index (κ3) is 2.68. The highest BCUT2D eigenvalue weighted by atomic mass is 16.3. The van der Waals surface area contributed by atoms with E-state index in [1.54, 1.807) is 0 Å². The number of ketones is 2. The third-order valence-corrected chi connectivity index (χ3v) is 4.19. The fourth-order valence-electron chi connectivity index (χ4n) is 3.39. The van der Waals surface area contributed by atoms with E-state index in [9.17, 15) is 9.59 Å². The van der Waals surface area contributed by atoms with Crippen molar-refractivity contribution < 1.29 is 14.7 Å². The topological polar surface area (TPSA) is 54.4 Å². The molecule has 2 unspecified atom stereocenters. The van der Waals surface area contributed by atoms with Crippen LogP contribution in [-0.2, 0) is 9.59 Å². The van der Waals surface area contributed by atoms with E-state index >= 15 is 0 Å². The molecule has 1 N–H and O–H groups in total. The van der Waals surface area contributed by atoms with Crippen molar-refractivity contribution in [2.24, 2.45) is 5.92 Å². The maximum Gasteiger partial charge on any atom is 0.151 e. The van der Waals surface area contributed by atoms with Gasteiger partial charge in [0.2, 0.25) is 0 Å². The molecular formula is C17H22O3. The first-order chi connectivity index (χ1) is 9.45. The van der Waals surface area contributed by atoms with Crippen LogP contribution in [0.5, 0.6) is 0 Å². The molecule has 108 valence electrons. The van der Waals surface area contributed by atoms with Gasteiger partial charge in [-0.05, 0) is 50.3 Å². The van der Waals surface area contributed by atoms with Crippen molar-refractivity contribution in [3.63, 3.8) is 0 Å². The van der Waals surface area contributed by atoms with Crippen molar-refractivity contribution in [3.8, 4) is 0 Å². The first kappa shape index (κ1) is 14.9. The van der Waals surface area contributed by atoms with Crippen LogP contribution in [0.1, 0.15) is 47.4 Å². The molecular weight excluding hydrogens is 252 g/mol. The van der Waals surface area contributed by atoms with E-state index in [1.165, 1.54) is 0 Å². The maximum atomic E-state index is 12.5. The second-order valence-electron chi connectivity index (χ2n) is 5.88. The number of rotatable bonds is 4. The van der Waals surface area contributed by atoms with Gasteiger partial charge >= 0.3 is 0 Å². The van der Waals surface area contributed by atoms with E-state index in [1.807, 2.05) is 32.9 Å². The van der Waals surface area contributed by atoms with E-state index in [4.69, 9.17) is 5.11 Å². The summed E-state index contributed by atoms with van der Waals surface area (Å²) in [4.78, 5) is 24.8. The van der Waals surface area contributed by atoms with Gasteiger partial charge in [0.1, 0.15) is 11.7 Å². The summed E-state index contributed by atoms with van der Waals surface area (Å²) in [6.07, 6.45) is 1.53. The highest BCUT2D eigenvalue weighted by Crippen LogP contribution is 2.37. The Kier molecular flexibility index (Phi) is 4.39. The zero-order chi connectivity index (χ0) is 14.9. The summed E-state index contributed by atoms with van der Waals surface area (Å²) in [5, 5.41) is 8.88. The molecule has 1 saturated carbocycles. The van der Waals surface area contributed by atoms with Crippen LogP contribution in [0.4, 0.5) is 0 Å². The lowest BCUT2D eigenvalue weighted by Gasteiger charge is -2.16. The standard InChI is InChI=1S/C17H22O3/c1-10-7-11(2)15(12(3)8-10)16-14(19)9-13(17(16)20)5-4-6-18/h7-8,13,16,18H,4-6,9H2,1-3H3. The Bertz CT molecular complexity index is 522. The minimum Gasteiger partial charge on any atom is -0.396 e. The number of Topliss-reactive ketones (excluding diaryl/α,β-unsaturated/α-hetero) is 2. The molecule has 0 saturated heterocycles. The summed E-state index contributed by atoms with van der Waals surface area (Å²) in [6, 6.07) is 4.06. The van der Waals surface area contributed by atoms with Crippen molar-refractivity contribution in [3.05, 3.63) is 34.4 Å². The van der Waals surface area contributed by atoms with Crippen LogP contribution in [-0.4, -0.2) is 23.3 Å². The number of benzene rings is 1. The van der Waals surface area contributed by atoms with Gasteiger partial charge in [-0.15, -0.1) is 0 Å². The molecule has 1 aromatic rings. The lowest BCUT2D eigenvalue weighted by molar-refractivity contribution is -0.124. The molecule has 2 rings (SSSR count). The average Bonchev–Trinajstić information content (AvgIpc) is 2.63. The Morgan fingerprint density at radius 3 is 2.30 bits per heavy atom. The molecule has 0 aliphatic heterocycles. The summed E-state index contributed by atoms with van der Waals surface area (Å²) in [7, 11) is 0. The molecule has 0 amide bonds. The summed E-state index contributed by atoms with van der Waals surface area (Å²) < 4.78 is 0. The van der Waals surface area contributed by atoms with Crippen molar-refractivity contribution in [2.45, 2.75) is 46.0 Å². The van der Waals surface area contributed by atoms with Gasteiger partial charge in [-0.1, -0.05) is 17.7 Å². The van der Waals surface area contributed by atoms with E-state index < -0.39 is 5.92 Å². The summed E-state index contributed by atoms with van der Waals surface area (Å²) >= 11 is 0. The molecule has 0 heterocycles. The molecule has 0 bridgehead atoms. The summed E-state index contributed by atoms with van der Waals surface area (Å²) in [5.41, 5.74) is 4.10. The Balaban J connectivity index is 2.34. The zero-order valence-electron chi connectivity index (χ0n) is 12.4. The first-order valence-corrected chi connectivity index (χ1v) is 7.20. The molecule has 1 fully saturated rings. The quantitative estimate of drug-likeness (QED) is 0.859. The number of aliphatic hydroxyl groups is 1. The molecule has 20 heavy (non-hydrogen) atoms. The normalized spacial score (nSPS) is 22.6. The van der Waals surface area contributed by atoms with Gasteiger partial charge in [-0.25, -0.2) is 0 Å². The van der Waals surface area contributed by atoms with E-state index in [0.717, 1.165) is 22.3 Å². The largest absolute Gasteiger partial charge is 0.396 e. The average molecular weight is 274 g/mol. The minimum absolute atomic E-state index is 0.0352. The van der Waals surface area contributed by atoms with E-state index in [0.29, 0.717) is 19.3 Å². The Morgan fingerprint density at radius 2 is 1.75 bits per heavy atom. The molecule has 1 aliphatic rings. The first-order valence-electron chi connectivity index (χ1n) is 7.20. The smallest absolute Gasteiger partial charge is 0.151 e. The lowest BCUT2D eigenvalue weighted by Crippen LogP contribution is -2.18. The van der Waals surface area contributed by atoms with E-state index in [2.05, 4.69) is 0 Å². The monoisotopic (exact) mass is 274 g/mol. The minimum atomic E-state index is -0.584. The number of aryl methyl sites for hydroxylation is 3. The van der Waals surface area contributed by atoms with Crippen molar-refractivity contribution in [1.29, 1.82) is 0 Å². The van der Waals surface area contributed by atoms with Crippen molar-refractivity contribution in [2.75, 3.05) is 6.61 Å². The van der Waals surface area contributed by atoms with Crippen molar-refractivity contribution >= 4 is 11.6 Å². The van der Waals surface area contributed by atoms with Crippen LogP contribution in [0.2, 0.25) is 0 Å². The maximum absolute atomic E-state index is 12.5. The van der Waals surface area contributed by atoms with Crippen LogP contribution < -0.4 is 0 Å². The third-order valence-electron chi connectivity index (χ3n) is 4.19. The molecule has 3 heteroatoms. The van der Waals surface area contributed by atoms with Crippen LogP contribution in [0.3, 0.4) is 0 Å². The van der Waals surface area contributed by atoms with Gasteiger partial charge in [-0.3, -0.25) is 9.59 Å². The number of aliphatic hydroxyl groups excluding tert-OH is 1. The lowest BCUT2D eigenvalue weighted by atomic mass is 9.86. The summed E-state index contributed by atoms with van der Waals surface area (Å²) in [6.45, 7) is 6.03. The predicted octanol–water partition coefficient (Wildman–Crippen LogP) is 2.63. The molecule has 0 radical (unpaired) electrons. The molecule has 3 nitrogen and oxygen atoms in total. The van der Waals surface area contributed by atoms with E-state index in [-0.39, 0.29) is 24.1 Å². The highest BCUT2D eigenvalue weighted by molar-refractivity contribution is 6.14. The zero-order valence-corrected chi connectivity index (χ0v) is 12.4. The Labute approximate surface area is 120 Å². The van der Waals surface area contributed by atoms with Gasteiger partial charge in [0, 0.05) is 18.9 Å². The number of hydrogen-bond acceptors (Lipinski definition) is 3. The number of carbonyl (C=O) groups excluding carboxylic acids is 2. The second-order valence-corrected chi connectivity index (χ2v) is 5.88. The van der Waals surface area contributed by atoms with Gasteiger partial charge in [-0.2, -0.15) is 0 Å². The van der Waals surface area contributed by atoms with Crippen molar-refractivity contribution in [1.82, 2.24) is 0 Å². The Morgan fingerprint density at radius 1 is 1.15 bits per heavy atom. The molecule has 2 atom stereocenters. The SMILES string of the molecule is Cc1cc(C)c(C2C(=O)CC(CCCO)C2=O)c(C)c1. The molecule has 1 aromatic carbocycles. The van der Waals surface area contributed by atoms with Crippen LogP contribution in [0.15, 0.2) is 12.1 Å².